The second-order valence-electron chi connectivity index (χ2n) is 6.11. The first-order valence-electron chi connectivity index (χ1n) is 7.53. The summed E-state index contributed by atoms with van der Waals surface area (Å²) in [6.07, 6.45) is 9.98. The fourth-order valence-corrected chi connectivity index (χ4v) is 2.98. The highest BCUT2D eigenvalue weighted by Gasteiger charge is 2.22. The molecule has 0 aliphatic heterocycles. The summed E-state index contributed by atoms with van der Waals surface area (Å²) in [4.78, 5) is 0. The van der Waals surface area contributed by atoms with E-state index in [1.54, 1.807) is 0 Å². The van der Waals surface area contributed by atoms with Gasteiger partial charge < -0.3 is 10.4 Å². The SMILES string of the molecule is CCCC(C)(O)CNC1CCCC(CC)CC1. The van der Waals surface area contributed by atoms with Crippen molar-refractivity contribution < 1.29 is 5.11 Å². The van der Waals surface area contributed by atoms with Gasteiger partial charge in [0.1, 0.15) is 0 Å². The maximum Gasteiger partial charge on any atom is 0.0743 e. The van der Waals surface area contributed by atoms with E-state index in [4.69, 9.17) is 0 Å². The van der Waals surface area contributed by atoms with Crippen molar-refractivity contribution >= 4 is 0 Å². The smallest absolute Gasteiger partial charge is 0.0743 e. The fraction of sp³-hybridized carbons (Fsp3) is 1.00. The normalized spacial score (nSPS) is 29.6. The first kappa shape index (κ1) is 15.0. The molecular formula is C15H31NO. The van der Waals surface area contributed by atoms with Gasteiger partial charge in [-0.2, -0.15) is 0 Å². The van der Waals surface area contributed by atoms with E-state index in [-0.39, 0.29) is 0 Å². The maximum atomic E-state index is 10.2. The van der Waals surface area contributed by atoms with Crippen LogP contribution in [0, 0.1) is 5.92 Å². The van der Waals surface area contributed by atoms with Crippen LogP contribution >= 0.6 is 0 Å². The quantitative estimate of drug-likeness (QED) is 0.698. The third kappa shape index (κ3) is 5.87. The van der Waals surface area contributed by atoms with Gasteiger partial charge in [0.15, 0.2) is 0 Å². The summed E-state index contributed by atoms with van der Waals surface area (Å²) in [5.74, 6) is 0.943. The molecule has 2 nitrogen and oxygen atoms in total. The Bertz CT molecular complexity index is 203. The monoisotopic (exact) mass is 241 g/mol. The molecule has 1 fully saturated rings. The van der Waals surface area contributed by atoms with Crippen molar-refractivity contribution in [1.82, 2.24) is 5.32 Å². The van der Waals surface area contributed by atoms with Crippen LogP contribution in [0.25, 0.3) is 0 Å². The van der Waals surface area contributed by atoms with Crippen molar-refractivity contribution in [3.8, 4) is 0 Å². The van der Waals surface area contributed by atoms with Crippen molar-refractivity contribution in [2.75, 3.05) is 6.54 Å². The van der Waals surface area contributed by atoms with Gasteiger partial charge in [0.05, 0.1) is 5.60 Å². The van der Waals surface area contributed by atoms with Gasteiger partial charge in [0.25, 0.3) is 0 Å². The molecule has 0 spiro atoms. The van der Waals surface area contributed by atoms with Crippen LogP contribution in [0.4, 0.5) is 0 Å². The molecule has 0 bridgehead atoms. The van der Waals surface area contributed by atoms with E-state index in [0.29, 0.717) is 6.04 Å². The highest BCUT2D eigenvalue weighted by atomic mass is 16.3. The van der Waals surface area contributed by atoms with E-state index in [0.717, 1.165) is 25.3 Å². The first-order valence-corrected chi connectivity index (χ1v) is 7.53. The molecule has 2 heteroatoms. The maximum absolute atomic E-state index is 10.2. The number of hydrogen-bond acceptors (Lipinski definition) is 2. The molecule has 0 heterocycles. The zero-order valence-corrected chi connectivity index (χ0v) is 12.0. The summed E-state index contributed by atoms with van der Waals surface area (Å²) in [5.41, 5.74) is -0.523. The first-order chi connectivity index (χ1) is 8.07. The molecule has 1 saturated carbocycles. The van der Waals surface area contributed by atoms with Gasteiger partial charge in [-0.15, -0.1) is 0 Å². The van der Waals surface area contributed by atoms with Crippen LogP contribution in [0.3, 0.4) is 0 Å². The second-order valence-corrected chi connectivity index (χ2v) is 6.11. The van der Waals surface area contributed by atoms with E-state index in [2.05, 4.69) is 19.2 Å². The molecular weight excluding hydrogens is 210 g/mol. The van der Waals surface area contributed by atoms with E-state index >= 15 is 0 Å². The summed E-state index contributed by atoms with van der Waals surface area (Å²) in [6, 6.07) is 0.634. The van der Waals surface area contributed by atoms with Gasteiger partial charge in [0.2, 0.25) is 0 Å². The Morgan fingerprint density at radius 1 is 1.18 bits per heavy atom. The molecule has 0 aromatic heterocycles. The molecule has 0 aromatic rings. The zero-order valence-electron chi connectivity index (χ0n) is 12.0. The van der Waals surface area contributed by atoms with Gasteiger partial charge in [-0.1, -0.05) is 39.5 Å². The van der Waals surface area contributed by atoms with Crippen molar-refractivity contribution in [2.24, 2.45) is 5.92 Å². The van der Waals surface area contributed by atoms with Gasteiger partial charge in [-0.05, 0) is 38.5 Å². The Morgan fingerprint density at radius 2 is 1.94 bits per heavy atom. The summed E-state index contributed by atoms with van der Waals surface area (Å²) >= 11 is 0. The number of aliphatic hydroxyl groups is 1. The lowest BCUT2D eigenvalue weighted by molar-refractivity contribution is 0.0465. The Morgan fingerprint density at radius 3 is 2.59 bits per heavy atom. The minimum absolute atomic E-state index is 0.523. The molecule has 0 amide bonds. The van der Waals surface area contributed by atoms with Crippen molar-refractivity contribution in [2.45, 2.75) is 83.8 Å². The molecule has 102 valence electrons. The lowest BCUT2D eigenvalue weighted by atomic mass is 9.97. The van der Waals surface area contributed by atoms with E-state index < -0.39 is 5.60 Å². The number of nitrogens with one attached hydrogen (secondary N) is 1. The summed E-state index contributed by atoms with van der Waals surface area (Å²) < 4.78 is 0. The molecule has 2 N–H and O–H groups in total. The van der Waals surface area contributed by atoms with Crippen LogP contribution in [-0.2, 0) is 0 Å². The molecule has 3 unspecified atom stereocenters. The lowest BCUT2D eigenvalue weighted by Gasteiger charge is -2.26. The Labute approximate surface area is 107 Å². The molecule has 17 heavy (non-hydrogen) atoms. The molecule has 1 aliphatic rings. The Balaban J connectivity index is 2.27. The van der Waals surface area contributed by atoms with Crippen LogP contribution in [0.15, 0.2) is 0 Å². The van der Waals surface area contributed by atoms with E-state index in [9.17, 15) is 5.11 Å². The van der Waals surface area contributed by atoms with Crippen LogP contribution in [0.1, 0.15) is 72.1 Å². The highest BCUT2D eigenvalue weighted by Crippen LogP contribution is 2.25. The fourth-order valence-electron chi connectivity index (χ4n) is 2.98. The molecule has 0 aromatic carbocycles. The van der Waals surface area contributed by atoms with Crippen LogP contribution in [0.5, 0.6) is 0 Å². The van der Waals surface area contributed by atoms with Gasteiger partial charge >= 0.3 is 0 Å². The van der Waals surface area contributed by atoms with Crippen LogP contribution in [0.2, 0.25) is 0 Å². The predicted molar refractivity (Wildman–Crippen MR) is 74.2 cm³/mol. The third-order valence-electron chi connectivity index (χ3n) is 4.23. The summed E-state index contributed by atoms with van der Waals surface area (Å²) in [5, 5.41) is 13.7. The van der Waals surface area contributed by atoms with Crippen molar-refractivity contribution in [3.63, 3.8) is 0 Å². The zero-order chi connectivity index (χ0) is 12.7. The van der Waals surface area contributed by atoms with Gasteiger partial charge in [-0.3, -0.25) is 0 Å². The minimum Gasteiger partial charge on any atom is -0.389 e. The minimum atomic E-state index is -0.523. The number of rotatable bonds is 6. The standard InChI is InChI=1S/C15H31NO/c1-4-11-15(3,17)12-16-14-8-6-7-13(5-2)9-10-14/h13-14,16-17H,4-12H2,1-3H3. The average Bonchev–Trinajstić information content (AvgIpc) is 2.51. The van der Waals surface area contributed by atoms with E-state index in [1.807, 2.05) is 6.92 Å². The third-order valence-corrected chi connectivity index (χ3v) is 4.23. The average molecular weight is 241 g/mol. The molecule has 3 atom stereocenters. The van der Waals surface area contributed by atoms with Gasteiger partial charge in [-0.25, -0.2) is 0 Å². The Kier molecular flexibility index (Phi) is 6.50. The summed E-state index contributed by atoms with van der Waals surface area (Å²) in [7, 11) is 0. The number of hydrogen-bond donors (Lipinski definition) is 2. The van der Waals surface area contributed by atoms with Crippen molar-refractivity contribution in [1.29, 1.82) is 0 Å². The Hall–Kier alpha value is -0.0800. The molecule has 0 radical (unpaired) electrons. The van der Waals surface area contributed by atoms with E-state index in [1.165, 1.54) is 38.5 Å². The molecule has 1 aliphatic carbocycles. The lowest BCUT2D eigenvalue weighted by Crippen LogP contribution is -2.42. The largest absolute Gasteiger partial charge is 0.389 e. The second kappa shape index (κ2) is 7.38. The van der Waals surface area contributed by atoms with Crippen LogP contribution < -0.4 is 5.32 Å². The van der Waals surface area contributed by atoms with Crippen LogP contribution in [-0.4, -0.2) is 23.3 Å². The van der Waals surface area contributed by atoms with Crippen molar-refractivity contribution in [3.05, 3.63) is 0 Å². The molecule has 0 saturated heterocycles. The van der Waals surface area contributed by atoms with Gasteiger partial charge in [0, 0.05) is 12.6 Å². The topological polar surface area (TPSA) is 32.3 Å². The highest BCUT2D eigenvalue weighted by molar-refractivity contribution is 4.80. The predicted octanol–water partition coefficient (Wildman–Crippen LogP) is 3.49. The molecule has 1 rings (SSSR count). The summed E-state index contributed by atoms with van der Waals surface area (Å²) in [6.45, 7) is 7.15.